The lowest BCUT2D eigenvalue weighted by Gasteiger charge is -2.20. The van der Waals surface area contributed by atoms with Crippen molar-refractivity contribution in [2.75, 3.05) is 0 Å². The van der Waals surface area contributed by atoms with Gasteiger partial charge in [-0.05, 0) is 69.5 Å². The molecule has 0 unspecified atom stereocenters. The average molecular weight is 555 g/mol. The lowest BCUT2D eigenvalue weighted by Crippen LogP contribution is -1.94. The Morgan fingerprint density at radius 1 is 0.405 bits per heavy atom. The molecule has 214 valence electrons. The molecular formula is C40H42O2. The van der Waals surface area contributed by atoms with Crippen LogP contribution < -0.4 is 0 Å². The van der Waals surface area contributed by atoms with Crippen LogP contribution in [0.25, 0.3) is 54.2 Å². The summed E-state index contributed by atoms with van der Waals surface area (Å²) in [5.41, 5.74) is 4.88. The van der Waals surface area contributed by atoms with Crippen LogP contribution in [0.5, 0.6) is 11.5 Å². The van der Waals surface area contributed by atoms with Crippen LogP contribution >= 0.6 is 0 Å². The number of hydrogen-bond donors (Lipinski definition) is 2. The van der Waals surface area contributed by atoms with E-state index in [9.17, 15) is 10.2 Å². The van der Waals surface area contributed by atoms with Gasteiger partial charge in [0.05, 0.1) is 0 Å². The second-order valence-corrected chi connectivity index (χ2v) is 11.9. The Morgan fingerprint density at radius 3 is 1.19 bits per heavy atom. The van der Waals surface area contributed by atoms with E-state index >= 15 is 0 Å². The Hall–Kier alpha value is -4.04. The highest BCUT2D eigenvalue weighted by molar-refractivity contribution is 6.26. The molecule has 0 atom stereocenters. The second kappa shape index (κ2) is 12.4. The molecule has 0 saturated carbocycles. The van der Waals surface area contributed by atoms with Crippen LogP contribution in [0, 0.1) is 0 Å². The first-order chi connectivity index (χ1) is 20.6. The summed E-state index contributed by atoms with van der Waals surface area (Å²) in [5, 5.41) is 30.8. The van der Waals surface area contributed by atoms with Gasteiger partial charge in [-0.25, -0.2) is 0 Å². The van der Waals surface area contributed by atoms with Crippen LogP contribution in [0.3, 0.4) is 0 Å². The topological polar surface area (TPSA) is 40.5 Å². The third-order valence-electron chi connectivity index (χ3n) is 9.01. The van der Waals surface area contributed by atoms with Crippen LogP contribution in [-0.2, 0) is 12.8 Å². The minimum atomic E-state index is 0.339. The van der Waals surface area contributed by atoms with Gasteiger partial charge < -0.3 is 10.2 Å². The molecule has 0 aliphatic rings. The number of benzene rings is 6. The summed E-state index contributed by atoms with van der Waals surface area (Å²) >= 11 is 0. The molecule has 2 nitrogen and oxygen atoms in total. The Kier molecular flexibility index (Phi) is 8.33. The summed E-state index contributed by atoms with van der Waals surface area (Å²) in [7, 11) is 0. The maximum atomic E-state index is 11.5. The predicted molar refractivity (Wildman–Crippen MR) is 181 cm³/mol. The summed E-state index contributed by atoms with van der Waals surface area (Å²) in [6.07, 6.45) is 11.8. The zero-order valence-electron chi connectivity index (χ0n) is 25.0. The number of phenolic OH excluding ortho intramolecular Hbond substituents is 2. The van der Waals surface area contributed by atoms with E-state index in [0.29, 0.717) is 11.5 Å². The van der Waals surface area contributed by atoms with E-state index in [2.05, 4.69) is 74.5 Å². The predicted octanol–water partition coefficient (Wildman–Crippen LogP) is 11.6. The largest absolute Gasteiger partial charge is 0.507 e. The Bertz CT molecular complexity index is 1740. The summed E-state index contributed by atoms with van der Waals surface area (Å²) in [5.74, 6) is 0.678. The van der Waals surface area contributed by atoms with Crippen molar-refractivity contribution in [1.82, 2.24) is 0 Å². The van der Waals surface area contributed by atoms with Crippen molar-refractivity contribution in [2.24, 2.45) is 0 Å². The van der Waals surface area contributed by atoms with E-state index < -0.39 is 0 Å². The number of rotatable bonds is 11. The Morgan fingerprint density at radius 2 is 0.786 bits per heavy atom. The fourth-order valence-corrected chi connectivity index (χ4v) is 6.77. The third-order valence-corrected chi connectivity index (χ3v) is 9.01. The van der Waals surface area contributed by atoms with Gasteiger partial charge in [-0.1, -0.05) is 137 Å². The lowest BCUT2D eigenvalue weighted by atomic mass is 9.84. The molecule has 0 aliphatic heterocycles. The van der Waals surface area contributed by atoms with Crippen molar-refractivity contribution in [3.8, 4) is 22.6 Å². The van der Waals surface area contributed by atoms with Crippen molar-refractivity contribution in [3.05, 3.63) is 96.1 Å². The first-order valence-electron chi connectivity index (χ1n) is 15.9. The molecule has 6 aromatic carbocycles. The highest BCUT2D eigenvalue weighted by atomic mass is 16.3. The molecule has 0 radical (unpaired) electrons. The van der Waals surface area contributed by atoms with Crippen molar-refractivity contribution in [2.45, 2.75) is 78.1 Å². The number of aryl methyl sites for hydroxylation is 2. The molecule has 0 saturated heterocycles. The molecule has 0 fully saturated rings. The third kappa shape index (κ3) is 5.20. The SMILES string of the molecule is CCCCCCc1ccc2c(O)c3ccccc3c(-c3c4ccccc4c(O)c4ccc(CCCCCC)cc34)c2c1. The fourth-order valence-electron chi connectivity index (χ4n) is 6.77. The minimum Gasteiger partial charge on any atom is -0.507 e. The molecule has 6 rings (SSSR count). The molecule has 2 heteroatoms. The first kappa shape index (κ1) is 28.1. The van der Waals surface area contributed by atoms with Gasteiger partial charge in [-0.2, -0.15) is 0 Å². The molecule has 0 bridgehead atoms. The van der Waals surface area contributed by atoms with Gasteiger partial charge >= 0.3 is 0 Å². The molecule has 0 aromatic heterocycles. The van der Waals surface area contributed by atoms with Crippen LogP contribution in [0.15, 0.2) is 84.9 Å². The monoisotopic (exact) mass is 554 g/mol. The van der Waals surface area contributed by atoms with Gasteiger partial charge in [0.15, 0.2) is 0 Å². The number of unbranched alkanes of at least 4 members (excludes halogenated alkanes) is 6. The highest BCUT2D eigenvalue weighted by Crippen LogP contribution is 2.49. The zero-order valence-corrected chi connectivity index (χ0v) is 25.0. The summed E-state index contributed by atoms with van der Waals surface area (Å²) in [6.45, 7) is 4.50. The van der Waals surface area contributed by atoms with Gasteiger partial charge in [-0.15, -0.1) is 0 Å². The van der Waals surface area contributed by atoms with E-state index in [1.807, 2.05) is 24.3 Å². The summed E-state index contributed by atoms with van der Waals surface area (Å²) in [6, 6.07) is 29.7. The van der Waals surface area contributed by atoms with E-state index in [1.54, 1.807) is 0 Å². The van der Waals surface area contributed by atoms with Crippen molar-refractivity contribution < 1.29 is 10.2 Å². The summed E-state index contributed by atoms with van der Waals surface area (Å²) in [4.78, 5) is 0. The molecule has 6 aromatic rings. The van der Waals surface area contributed by atoms with Gasteiger partial charge in [0.2, 0.25) is 0 Å². The van der Waals surface area contributed by atoms with Gasteiger partial charge in [0.25, 0.3) is 0 Å². The van der Waals surface area contributed by atoms with Crippen LogP contribution in [0.2, 0.25) is 0 Å². The smallest absolute Gasteiger partial charge is 0.131 e. The molecule has 0 aliphatic carbocycles. The number of phenols is 2. The number of fused-ring (bicyclic) bond motifs is 4. The maximum Gasteiger partial charge on any atom is 0.131 e. The highest BCUT2D eigenvalue weighted by Gasteiger charge is 2.21. The Balaban J connectivity index is 1.67. The molecular weight excluding hydrogens is 512 g/mol. The average Bonchev–Trinajstić information content (AvgIpc) is 3.03. The van der Waals surface area contributed by atoms with E-state index in [-0.39, 0.29) is 0 Å². The van der Waals surface area contributed by atoms with E-state index in [1.165, 1.54) is 62.5 Å². The fraction of sp³-hybridized carbons (Fsp3) is 0.300. The van der Waals surface area contributed by atoms with Crippen molar-refractivity contribution in [3.63, 3.8) is 0 Å². The van der Waals surface area contributed by atoms with E-state index in [0.717, 1.165) is 67.1 Å². The molecule has 42 heavy (non-hydrogen) atoms. The quantitative estimate of drug-likeness (QED) is 0.123. The van der Waals surface area contributed by atoms with Crippen LogP contribution in [0.1, 0.15) is 76.3 Å². The zero-order chi connectivity index (χ0) is 29.1. The standard InChI is InChI=1S/C40H42O2/c1-3-5-7-9-15-27-21-23-33-35(25-27)37(29-17-11-13-19-31(29)39(33)41)38-30-18-12-14-20-32(30)40(42)34-24-22-28(26-36(34)38)16-10-8-6-4-2/h11-14,17-26,41-42H,3-10,15-16H2,1-2H3. The second-order valence-electron chi connectivity index (χ2n) is 11.9. The normalized spacial score (nSPS) is 11.8. The van der Waals surface area contributed by atoms with E-state index in [4.69, 9.17) is 0 Å². The molecule has 0 heterocycles. The lowest BCUT2D eigenvalue weighted by molar-refractivity contribution is 0.487. The van der Waals surface area contributed by atoms with Gasteiger partial charge in [0, 0.05) is 21.5 Å². The number of aromatic hydroxyl groups is 2. The van der Waals surface area contributed by atoms with Crippen molar-refractivity contribution >= 4 is 43.1 Å². The summed E-state index contributed by atoms with van der Waals surface area (Å²) < 4.78 is 0. The van der Waals surface area contributed by atoms with Crippen molar-refractivity contribution in [1.29, 1.82) is 0 Å². The molecule has 0 spiro atoms. The Labute approximate surface area is 249 Å². The first-order valence-corrected chi connectivity index (χ1v) is 15.9. The minimum absolute atomic E-state index is 0.339. The molecule has 2 N–H and O–H groups in total. The van der Waals surface area contributed by atoms with Crippen LogP contribution in [0.4, 0.5) is 0 Å². The van der Waals surface area contributed by atoms with Gasteiger partial charge in [-0.3, -0.25) is 0 Å². The van der Waals surface area contributed by atoms with Crippen LogP contribution in [-0.4, -0.2) is 10.2 Å². The van der Waals surface area contributed by atoms with Gasteiger partial charge in [0.1, 0.15) is 11.5 Å². The number of hydrogen-bond acceptors (Lipinski definition) is 2. The molecule has 0 amide bonds. The maximum absolute atomic E-state index is 11.5.